The Balaban J connectivity index is 0.000000221. The van der Waals surface area contributed by atoms with Gasteiger partial charge in [-0.25, -0.2) is 19.9 Å². The standard InChI is InChI=1S/C21H22N4O.C19H16N4.2CH4.Ir/c1-3-16-15-22-19-20(23-16)25(18-13-9-6-10-14-18)21(26-4-2)24(19)17-11-7-5-8-12-17;1-2-15-13-20-18-19(21-15)23(17-11-7-4-8-12-17)14-22(18)16-9-5-3-6-10-16;;;/h5-15,21H,3-4H2,1-2H3;3-11,13-14H,2H2,1H3;2*1H4;/q;-2;;;. The molecule has 4 heterocycles. The maximum atomic E-state index is 6.16. The second kappa shape index (κ2) is 18.4. The number of nitrogens with zero attached hydrogens (tertiary/aromatic N) is 8. The first-order valence-electron chi connectivity index (χ1n) is 16.7. The smallest absolute Gasteiger partial charge is 0.221 e. The molecular formula is C42H46IrN8O-2. The predicted molar refractivity (Wildman–Crippen MR) is 209 cm³/mol. The van der Waals surface area contributed by atoms with Gasteiger partial charge in [-0.2, -0.15) is 30.3 Å². The molecule has 2 aromatic heterocycles. The van der Waals surface area contributed by atoms with Crippen LogP contribution in [-0.2, 0) is 37.7 Å². The molecule has 1 radical (unpaired) electrons. The number of hydrogen-bond donors (Lipinski definition) is 0. The maximum absolute atomic E-state index is 6.16. The van der Waals surface area contributed by atoms with Gasteiger partial charge in [0.2, 0.25) is 6.35 Å². The van der Waals surface area contributed by atoms with Crippen LogP contribution in [0.15, 0.2) is 128 Å². The van der Waals surface area contributed by atoms with Crippen molar-refractivity contribution in [1.82, 2.24) is 19.9 Å². The Morgan fingerprint density at radius 3 is 1.62 bits per heavy atom. The van der Waals surface area contributed by atoms with Crippen LogP contribution in [0.1, 0.15) is 47.0 Å². The van der Waals surface area contributed by atoms with E-state index in [4.69, 9.17) is 19.7 Å². The van der Waals surface area contributed by atoms with E-state index in [-0.39, 0.29) is 41.3 Å². The number of fused-ring (bicyclic) bond motifs is 2. The molecule has 0 fully saturated rings. The molecular weight excluding hydrogens is 825 g/mol. The molecule has 271 valence electrons. The summed E-state index contributed by atoms with van der Waals surface area (Å²) >= 11 is 0. The summed E-state index contributed by atoms with van der Waals surface area (Å²) in [5.74, 6) is 3.33. The summed E-state index contributed by atoms with van der Waals surface area (Å²) in [6.07, 6.45) is 5.07. The van der Waals surface area contributed by atoms with Gasteiger partial charge in [0.05, 0.1) is 23.8 Å². The first-order chi connectivity index (χ1) is 24.2. The molecule has 2 aliphatic rings. The molecule has 1 unspecified atom stereocenters. The number of ether oxygens (including phenoxy) is 1. The molecule has 52 heavy (non-hydrogen) atoms. The van der Waals surface area contributed by atoms with Crippen molar-refractivity contribution in [1.29, 1.82) is 0 Å². The van der Waals surface area contributed by atoms with Crippen molar-refractivity contribution >= 4 is 46.0 Å². The number of aryl methyl sites for hydroxylation is 2. The van der Waals surface area contributed by atoms with Crippen LogP contribution in [-0.4, -0.2) is 32.9 Å². The third-order valence-electron chi connectivity index (χ3n) is 8.25. The van der Waals surface area contributed by atoms with E-state index in [0.29, 0.717) is 6.61 Å². The monoisotopic (exact) mass is 871 g/mol. The number of hydrogen-bond acceptors (Lipinski definition) is 9. The largest absolute Gasteiger partial charge is 0.477 e. The van der Waals surface area contributed by atoms with E-state index < -0.39 is 0 Å². The van der Waals surface area contributed by atoms with E-state index in [1.807, 2.05) is 110 Å². The van der Waals surface area contributed by atoms with Gasteiger partial charge in [-0.05, 0) is 56.2 Å². The molecule has 0 bridgehead atoms. The van der Waals surface area contributed by atoms with Crippen LogP contribution in [0.25, 0.3) is 0 Å². The molecule has 0 amide bonds. The SMILES string of the molecule is C.C.CCOC1N(c2ccccc2)c2ncc(CC)nc2N1c1ccccc1.CCc1cnc2c(n1)N(c1[c-]cccc1)[CH-]N2c1ccccc1.[Ir]. The van der Waals surface area contributed by atoms with Gasteiger partial charge in [-0.15, -0.1) is 12.4 Å². The molecule has 4 aromatic carbocycles. The Morgan fingerprint density at radius 1 is 0.596 bits per heavy atom. The normalized spacial score (nSPS) is 13.9. The predicted octanol–water partition coefficient (Wildman–Crippen LogP) is 10.2. The van der Waals surface area contributed by atoms with Crippen molar-refractivity contribution < 1.29 is 24.8 Å². The third-order valence-corrected chi connectivity index (χ3v) is 8.25. The van der Waals surface area contributed by atoms with Gasteiger partial charge in [0.15, 0.2) is 11.6 Å². The first kappa shape index (κ1) is 39.6. The number of aromatic nitrogens is 4. The zero-order chi connectivity index (χ0) is 33.6. The summed E-state index contributed by atoms with van der Waals surface area (Å²) in [5, 5.41) is 0. The molecule has 0 saturated carbocycles. The summed E-state index contributed by atoms with van der Waals surface area (Å²) in [6.45, 7) is 8.79. The molecule has 10 heteroatoms. The number of benzene rings is 4. The number of para-hydroxylation sites is 4. The molecule has 6 aromatic rings. The molecule has 0 aliphatic carbocycles. The molecule has 9 nitrogen and oxygen atoms in total. The topological polar surface area (TPSA) is 73.8 Å². The number of rotatable bonds is 8. The minimum Gasteiger partial charge on any atom is -0.477 e. The second-order valence-electron chi connectivity index (χ2n) is 11.4. The second-order valence-corrected chi connectivity index (χ2v) is 11.4. The minimum atomic E-state index is -0.327. The van der Waals surface area contributed by atoms with Crippen molar-refractivity contribution in [3.05, 3.63) is 152 Å². The van der Waals surface area contributed by atoms with Gasteiger partial charge in [0.1, 0.15) is 11.6 Å². The van der Waals surface area contributed by atoms with Gasteiger partial charge in [-0.3, -0.25) is 9.80 Å². The van der Waals surface area contributed by atoms with Crippen LogP contribution >= 0.6 is 0 Å². The summed E-state index contributed by atoms with van der Waals surface area (Å²) in [6, 6.07) is 41.8. The fourth-order valence-electron chi connectivity index (χ4n) is 5.83. The average Bonchev–Trinajstić information content (AvgIpc) is 3.71. The molecule has 8 rings (SSSR count). The molecule has 2 aliphatic heterocycles. The Labute approximate surface area is 322 Å². The third kappa shape index (κ3) is 8.00. The molecule has 0 spiro atoms. The van der Waals surface area contributed by atoms with Crippen LogP contribution in [0.5, 0.6) is 0 Å². The Morgan fingerprint density at radius 2 is 1.10 bits per heavy atom. The molecule has 0 N–H and O–H groups in total. The van der Waals surface area contributed by atoms with Gasteiger partial charge in [-0.1, -0.05) is 83.3 Å². The van der Waals surface area contributed by atoms with Crippen LogP contribution in [0.4, 0.5) is 46.0 Å². The van der Waals surface area contributed by atoms with Crippen molar-refractivity contribution in [2.24, 2.45) is 0 Å². The summed E-state index contributed by atoms with van der Waals surface area (Å²) in [4.78, 5) is 27.4. The first-order valence-corrected chi connectivity index (χ1v) is 16.7. The zero-order valence-corrected chi connectivity index (χ0v) is 30.6. The molecule has 0 saturated heterocycles. The van der Waals surface area contributed by atoms with Gasteiger partial charge < -0.3 is 14.5 Å². The Hall–Kier alpha value is -5.15. The van der Waals surface area contributed by atoms with Crippen LogP contribution in [0.3, 0.4) is 0 Å². The van der Waals surface area contributed by atoms with Gasteiger partial charge in [0.25, 0.3) is 0 Å². The van der Waals surface area contributed by atoms with E-state index in [0.717, 1.165) is 70.3 Å². The van der Waals surface area contributed by atoms with E-state index in [1.165, 1.54) is 0 Å². The fraction of sp³-hybridized carbons (Fsp3) is 0.214. The Bertz CT molecular complexity index is 1970. The van der Waals surface area contributed by atoms with Gasteiger partial charge >= 0.3 is 0 Å². The molecule has 1 atom stereocenters. The van der Waals surface area contributed by atoms with E-state index in [1.54, 1.807) is 0 Å². The maximum Gasteiger partial charge on any atom is 0.221 e. The average molecular weight is 871 g/mol. The number of anilines is 8. The van der Waals surface area contributed by atoms with E-state index >= 15 is 0 Å². The van der Waals surface area contributed by atoms with Gasteiger partial charge in [0, 0.05) is 43.8 Å². The van der Waals surface area contributed by atoms with Crippen LogP contribution in [0.2, 0.25) is 0 Å². The quantitative estimate of drug-likeness (QED) is 0.139. The van der Waals surface area contributed by atoms with Crippen molar-refractivity contribution in [2.75, 3.05) is 26.2 Å². The summed E-state index contributed by atoms with van der Waals surface area (Å²) in [7, 11) is 0. The van der Waals surface area contributed by atoms with Crippen molar-refractivity contribution in [3.63, 3.8) is 0 Å². The van der Waals surface area contributed by atoms with Crippen LogP contribution in [0, 0.1) is 12.7 Å². The van der Waals surface area contributed by atoms with Crippen molar-refractivity contribution in [2.45, 2.75) is 54.8 Å². The van der Waals surface area contributed by atoms with Crippen LogP contribution < -0.4 is 19.6 Å². The van der Waals surface area contributed by atoms with E-state index in [9.17, 15) is 0 Å². The zero-order valence-electron chi connectivity index (χ0n) is 28.2. The summed E-state index contributed by atoms with van der Waals surface area (Å²) < 4.78 is 6.16. The van der Waals surface area contributed by atoms with E-state index in [2.05, 4.69) is 76.0 Å². The minimum absolute atomic E-state index is 0. The Kier molecular flexibility index (Phi) is 14.0. The fourth-order valence-corrected chi connectivity index (χ4v) is 5.83. The van der Waals surface area contributed by atoms with Crippen molar-refractivity contribution in [3.8, 4) is 0 Å². The summed E-state index contributed by atoms with van der Waals surface area (Å²) in [5.41, 5.74) is 6.03.